The molecule has 0 aliphatic carbocycles. The average Bonchev–Trinajstić information content (AvgIpc) is 3.57. The van der Waals surface area contributed by atoms with E-state index in [0.29, 0.717) is 45.2 Å². The summed E-state index contributed by atoms with van der Waals surface area (Å²) in [6.07, 6.45) is 4.33. The van der Waals surface area contributed by atoms with Crippen LogP contribution in [0.25, 0.3) is 0 Å². The molecule has 5 aliphatic heterocycles. The Bertz CT molecular complexity index is 1200. The van der Waals surface area contributed by atoms with E-state index in [1.54, 1.807) is 0 Å². The first kappa shape index (κ1) is 25.0. The van der Waals surface area contributed by atoms with Crippen molar-refractivity contribution in [1.82, 2.24) is 25.1 Å². The molecule has 208 valence electrons. The van der Waals surface area contributed by atoms with Gasteiger partial charge in [0.15, 0.2) is 0 Å². The molecule has 4 saturated heterocycles. The molecule has 4 fully saturated rings. The highest BCUT2D eigenvalue weighted by Gasteiger charge is 2.49. The van der Waals surface area contributed by atoms with Crippen LogP contribution >= 0.6 is 0 Å². The van der Waals surface area contributed by atoms with Crippen molar-refractivity contribution in [1.29, 1.82) is 0 Å². The number of rotatable bonds is 6. The number of nitrogens with zero attached hydrogens (tertiary/aromatic N) is 5. The number of hydrogen-bond acceptors (Lipinski definition) is 8. The lowest BCUT2D eigenvalue weighted by Gasteiger charge is -2.41. The molecule has 1 N–H and O–H groups in total. The summed E-state index contributed by atoms with van der Waals surface area (Å²) in [6.45, 7) is 5.15. The predicted molar refractivity (Wildman–Crippen MR) is 143 cm³/mol. The van der Waals surface area contributed by atoms with Gasteiger partial charge in [0.1, 0.15) is 25.2 Å². The quantitative estimate of drug-likeness (QED) is 0.603. The maximum Gasteiger partial charge on any atom is 0.410 e. The van der Waals surface area contributed by atoms with Crippen LogP contribution in [0.3, 0.4) is 0 Å². The van der Waals surface area contributed by atoms with Crippen LogP contribution in [0.1, 0.15) is 48.9 Å². The summed E-state index contributed by atoms with van der Waals surface area (Å²) >= 11 is 0. The van der Waals surface area contributed by atoms with E-state index in [1.807, 2.05) is 35.2 Å². The molecule has 1 aromatic carbocycles. The Morgan fingerprint density at radius 2 is 1.95 bits per heavy atom. The predicted octanol–water partition coefficient (Wildman–Crippen LogP) is 3.07. The monoisotopic (exact) mass is 536 g/mol. The third-order valence-electron chi connectivity index (χ3n) is 9.32. The molecule has 39 heavy (non-hydrogen) atoms. The highest BCUT2D eigenvalue weighted by atomic mass is 19.1. The molecular weight excluding hydrogens is 499 g/mol. The van der Waals surface area contributed by atoms with Gasteiger partial charge < -0.3 is 19.7 Å². The normalized spacial score (nSPS) is 29.8. The number of amides is 1. The number of fused-ring (bicyclic) bond motifs is 4. The zero-order valence-corrected chi connectivity index (χ0v) is 22.4. The summed E-state index contributed by atoms with van der Waals surface area (Å²) in [7, 11) is 0. The summed E-state index contributed by atoms with van der Waals surface area (Å²) in [4.78, 5) is 29.4. The Morgan fingerprint density at radius 1 is 1.13 bits per heavy atom. The van der Waals surface area contributed by atoms with Crippen LogP contribution in [0.15, 0.2) is 30.3 Å². The van der Waals surface area contributed by atoms with E-state index in [4.69, 9.17) is 19.4 Å². The van der Waals surface area contributed by atoms with Gasteiger partial charge in [-0.15, -0.1) is 0 Å². The summed E-state index contributed by atoms with van der Waals surface area (Å²) in [5.74, 6) is 0.932. The zero-order chi connectivity index (χ0) is 26.4. The lowest BCUT2D eigenvalue weighted by molar-refractivity contribution is 0.0732. The summed E-state index contributed by atoms with van der Waals surface area (Å²) in [6, 6.07) is 10.4. The van der Waals surface area contributed by atoms with E-state index in [-0.39, 0.29) is 30.3 Å². The molecule has 9 nitrogen and oxygen atoms in total. The van der Waals surface area contributed by atoms with Crippen LogP contribution in [0.4, 0.5) is 15.0 Å². The average molecular weight is 537 g/mol. The fourth-order valence-electron chi connectivity index (χ4n) is 7.46. The molecule has 6 heterocycles. The van der Waals surface area contributed by atoms with Gasteiger partial charge in [-0.3, -0.25) is 9.80 Å². The van der Waals surface area contributed by atoms with Gasteiger partial charge in [-0.2, -0.15) is 9.97 Å². The van der Waals surface area contributed by atoms with Crippen molar-refractivity contribution >= 4 is 11.9 Å². The number of benzene rings is 1. The van der Waals surface area contributed by atoms with Crippen LogP contribution in [-0.4, -0.2) is 89.0 Å². The van der Waals surface area contributed by atoms with E-state index < -0.39 is 6.17 Å². The number of nitrogens with one attached hydrogen (secondary N) is 1. The molecule has 5 aliphatic rings. The Hall–Kier alpha value is -2.98. The Labute approximate surface area is 228 Å². The Kier molecular flexibility index (Phi) is 6.55. The third kappa shape index (κ3) is 4.71. The third-order valence-corrected chi connectivity index (χ3v) is 9.32. The van der Waals surface area contributed by atoms with Crippen LogP contribution < -0.4 is 15.0 Å². The summed E-state index contributed by atoms with van der Waals surface area (Å²) < 4.78 is 26.2. The van der Waals surface area contributed by atoms with E-state index in [9.17, 15) is 9.18 Å². The second-order valence-electron chi connectivity index (χ2n) is 11.8. The molecule has 0 saturated carbocycles. The van der Waals surface area contributed by atoms with Crippen molar-refractivity contribution in [3.63, 3.8) is 0 Å². The Balaban J connectivity index is 1.07. The minimum absolute atomic E-state index is 0.0923. The number of anilines is 1. The van der Waals surface area contributed by atoms with Gasteiger partial charge in [0.05, 0.1) is 23.3 Å². The number of carbonyl (C=O) groups excluding carboxylic acids is 1. The number of halogens is 1. The molecule has 10 heteroatoms. The number of carbonyl (C=O) groups is 1. The van der Waals surface area contributed by atoms with Crippen molar-refractivity contribution in [2.24, 2.45) is 0 Å². The number of piperazine rings is 1. The van der Waals surface area contributed by atoms with Crippen molar-refractivity contribution in [2.75, 3.05) is 44.2 Å². The van der Waals surface area contributed by atoms with Crippen LogP contribution in [0, 0.1) is 0 Å². The van der Waals surface area contributed by atoms with Crippen LogP contribution in [0.2, 0.25) is 0 Å². The van der Waals surface area contributed by atoms with Crippen molar-refractivity contribution in [3.8, 4) is 6.01 Å². The molecule has 0 spiro atoms. The van der Waals surface area contributed by atoms with Gasteiger partial charge in [0.2, 0.25) is 0 Å². The second-order valence-corrected chi connectivity index (χ2v) is 11.8. The highest BCUT2D eigenvalue weighted by Crippen LogP contribution is 2.41. The SMILES string of the molecule is O=C(OCc1ccccc1)N1C2CCC1CN(c1nc(OC[C@]34CCCN3C[C@@H](F)C4)nc3c1CCNC3)C2. The number of aromatic nitrogens is 2. The number of hydrogen-bond donors (Lipinski definition) is 1. The number of alkyl halides is 1. The highest BCUT2D eigenvalue weighted by molar-refractivity contribution is 5.70. The Morgan fingerprint density at radius 3 is 2.77 bits per heavy atom. The van der Waals surface area contributed by atoms with Crippen molar-refractivity contribution in [2.45, 2.75) is 75.5 Å². The lowest BCUT2D eigenvalue weighted by atomic mass is 9.95. The molecule has 2 aromatic rings. The van der Waals surface area contributed by atoms with E-state index in [0.717, 1.165) is 62.3 Å². The molecule has 7 rings (SSSR count). The molecule has 2 bridgehead atoms. The first-order chi connectivity index (χ1) is 19.1. The first-order valence-corrected chi connectivity index (χ1v) is 14.4. The molecule has 2 unspecified atom stereocenters. The lowest BCUT2D eigenvalue weighted by Crippen LogP contribution is -2.56. The van der Waals surface area contributed by atoms with E-state index in [2.05, 4.69) is 15.1 Å². The van der Waals surface area contributed by atoms with Gasteiger partial charge >= 0.3 is 12.1 Å². The molecule has 4 atom stereocenters. The van der Waals surface area contributed by atoms with Gasteiger partial charge in [-0.25, -0.2) is 9.18 Å². The summed E-state index contributed by atoms with van der Waals surface area (Å²) in [5.41, 5.74) is 2.91. The standard InChI is InChI=1S/C29H37FN6O3/c30-21-13-29(10-4-12-35(29)15-21)19-39-27-32-25-14-31-11-9-24(25)26(33-27)34-16-22-7-8-23(17-34)36(22)28(37)38-18-20-5-2-1-3-6-20/h1-3,5-6,21-23,31H,4,7-19H2/t21-,22?,23?,29+/m0/s1. The fourth-order valence-corrected chi connectivity index (χ4v) is 7.46. The second kappa shape index (κ2) is 10.2. The fraction of sp³-hybridized carbons (Fsp3) is 0.621. The van der Waals surface area contributed by atoms with Gasteiger partial charge in [-0.05, 0) is 50.8 Å². The first-order valence-electron chi connectivity index (χ1n) is 14.4. The van der Waals surface area contributed by atoms with E-state index >= 15 is 0 Å². The minimum Gasteiger partial charge on any atom is -0.461 e. The van der Waals surface area contributed by atoms with Crippen LogP contribution in [0.5, 0.6) is 6.01 Å². The molecule has 1 aromatic heterocycles. The molecular formula is C29H37FN6O3. The zero-order valence-electron chi connectivity index (χ0n) is 22.4. The van der Waals surface area contributed by atoms with Crippen LogP contribution in [-0.2, 0) is 24.3 Å². The molecule has 0 radical (unpaired) electrons. The largest absolute Gasteiger partial charge is 0.461 e. The van der Waals surface area contributed by atoms with Crippen molar-refractivity contribution < 1.29 is 18.7 Å². The topological polar surface area (TPSA) is 83.1 Å². The van der Waals surface area contributed by atoms with Crippen molar-refractivity contribution in [3.05, 3.63) is 47.2 Å². The smallest absolute Gasteiger partial charge is 0.410 e. The minimum atomic E-state index is -0.788. The van der Waals surface area contributed by atoms with Gasteiger partial charge in [-0.1, -0.05) is 30.3 Å². The van der Waals surface area contributed by atoms with Gasteiger partial charge in [0, 0.05) is 38.2 Å². The maximum atomic E-state index is 14.3. The maximum absolute atomic E-state index is 14.3. The summed E-state index contributed by atoms with van der Waals surface area (Å²) in [5, 5.41) is 3.42. The number of ether oxygens (including phenoxy) is 2. The van der Waals surface area contributed by atoms with E-state index in [1.165, 1.54) is 5.56 Å². The molecule has 1 amide bonds. The van der Waals surface area contributed by atoms with Gasteiger partial charge in [0.25, 0.3) is 0 Å².